The Balaban J connectivity index is 1.31. The number of carboxylic acid groups (broad SMARTS) is 1. The molecular formula is C20H17N7O7S2. The van der Waals surface area contributed by atoms with Crippen molar-refractivity contribution in [3.8, 4) is 0 Å². The lowest BCUT2D eigenvalue weighted by atomic mass is 10.0. The second kappa shape index (κ2) is 9.54. The molecule has 0 radical (unpaired) electrons. The van der Waals surface area contributed by atoms with Crippen molar-refractivity contribution in [3.05, 3.63) is 58.0 Å². The Labute approximate surface area is 209 Å². The molecule has 5 rings (SSSR count). The monoisotopic (exact) mass is 531 g/mol. The highest BCUT2D eigenvalue weighted by Gasteiger charge is 2.54. The number of fused-ring (bicyclic) bond motifs is 2. The molecule has 1 saturated heterocycles. The molecule has 5 heterocycles. The van der Waals surface area contributed by atoms with Gasteiger partial charge in [0.1, 0.15) is 29.2 Å². The molecule has 3 aromatic heterocycles. The number of carboxylic acids is 1. The van der Waals surface area contributed by atoms with E-state index in [1.807, 2.05) is 0 Å². The summed E-state index contributed by atoms with van der Waals surface area (Å²) in [5.41, 5.74) is 0.113. The number of carbonyl (C=O) groups is 3. The lowest BCUT2D eigenvalue weighted by Gasteiger charge is -2.49. The Morgan fingerprint density at radius 2 is 2.22 bits per heavy atom. The van der Waals surface area contributed by atoms with E-state index in [1.165, 1.54) is 47.9 Å². The third-order valence-corrected chi connectivity index (χ3v) is 7.68. The number of hydrogen-bond acceptors (Lipinski definition) is 11. The number of aliphatic carboxylic acids is 1. The molecule has 0 saturated carbocycles. The van der Waals surface area contributed by atoms with Crippen molar-refractivity contribution < 1.29 is 28.7 Å². The van der Waals surface area contributed by atoms with Crippen molar-refractivity contribution in [2.24, 2.45) is 5.16 Å². The van der Waals surface area contributed by atoms with Gasteiger partial charge >= 0.3 is 11.7 Å². The topological polar surface area (TPSA) is 184 Å². The van der Waals surface area contributed by atoms with Gasteiger partial charge in [-0.25, -0.2) is 14.7 Å². The van der Waals surface area contributed by atoms with Gasteiger partial charge in [-0.2, -0.15) is 14.7 Å². The average molecular weight is 532 g/mol. The lowest BCUT2D eigenvalue weighted by Crippen LogP contribution is -2.71. The molecule has 0 aromatic carbocycles. The van der Waals surface area contributed by atoms with E-state index < -0.39 is 34.9 Å². The number of rotatable bonds is 8. The van der Waals surface area contributed by atoms with Crippen molar-refractivity contribution in [1.82, 2.24) is 30.0 Å². The van der Waals surface area contributed by atoms with Crippen LogP contribution < -0.4 is 11.0 Å². The number of thioether (sulfide) groups is 2. The summed E-state index contributed by atoms with van der Waals surface area (Å²) < 4.78 is 6.31. The molecule has 0 bridgehead atoms. The molecule has 36 heavy (non-hydrogen) atoms. The van der Waals surface area contributed by atoms with Gasteiger partial charge in [0, 0.05) is 11.5 Å². The first kappa shape index (κ1) is 23.7. The molecule has 2 amide bonds. The van der Waals surface area contributed by atoms with E-state index in [0.29, 0.717) is 22.0 Å². The third-order valence-electron chi connectivity index (χ3n) is 5.33. The Bertz CT molecular complexity index is 1480. The van der Waals surface area contributed by atoms with E-state index in [4.69, 9.17) is 9.25 Å². The Morgan fingerprint density at radius 1 is 1.39 bits per heavy atom. The minimum atomic E-state index is -1.25. The largest absolute Gasteiger partial charge is 0.477 e. The fraction of sp³-hybridized carbons (Fsp3) is 0.250. The van der Waals surface area contributed by atoms with Crippen LogP contribution in [0.3, 0.4) is 0 Å². The first-order chi connectivity index (χ1) is 17.4. The number of amides is 2. The summed E-state index contributed by atoms with van der Waals surface area (Å²) in [6.45, 7) is 0. The molecule has 0 aliphatic carbocycles. The second-order valence-corrected chi connectivity index (χ2v) is 9.58. The van der Waals surface area contributed by atoms with Crippen molar-refractivity contribution >= 4 is 52.7 Å². The van der Waals surface area contributed by atoms with Crippen LogP contribution in [0.25, 0.3) is 5.65 Å². The number of carbonyl (C=O) groups excluding carboxylic acids is 2. The highest BCUT2D eigenvalue weighted by Crippen LogP contribution is 2.41. The van der Waals surface area contributed by atoms with Crippen LogP contribution in [0.2, 0.25) is 0 Å². The standard InChI is InChI=1S/C20H17N7O7S2/c1-33-25-13(10-3-2-6-34-10)16(28)21-14-17(29)26-15(19(30)31)9(8-36-18(14)26)7-35-12-5-4-11-22-23-20(32)27(11)24-12/h2-6,14,18H,7-8H2,1H3,(H,21,28)(H,23,32)(H,30,31)/t14?,18-/m0/s1. The smallest absolute Gasteiger partial charge is 0.364 e. The molecule has 2 atom stereocenters. The Hall–Kier alpha value is -4.05. The summed E-state index contributed by atoms with van der Waals surface area (Å²) in [6, 6.07) is 5.43. The summed E-state index contributed by atoms with van der Waals surface area (Å²) in [7, 11) is 1.27. The van der Waals surface area contributed by atoms with Gasteiger partial charge in [0.15, 0.2) is 11.4 Å². The van der Waals surface area contributed by atoms with Gasteiger partial charge in [0.2, 0.25) is 5.71 Å². The summed E-state index contributed by atoms with van der Waals surface area (Å²) in [4.78, 5) is 55.4. The highest BCUT2D eigenvalue weighted by atomic mass is 32.2. The number of nitrogens with zero attached hydrogens (tertiary/aromatic N) is 5. The van der Waals surface area contributed by atoms with Crippen LogP contribution in [0.15, 0.2) is 61.2 Å². The highest BCUT2D eigenvalue weighted by molar-refractivity contribution is 8.01. The van der Waals surface area contributed by atoms with Gasteiger partial charge < -0.3 is 19.7 Å². The number of hydrogen-bond donors (Lipinski definition) is 3. The van der Waals surface area contributed by atoms with Crippen LogP contribution in [0.1, 0.15) is 5.76 Å². The maximum atomic E-state index is 12.9. The Morgan fingerprint density at radius 3 is 2.94 bits per heavy atom. The maximum absolute atomic E-state index is 12.9. The normalized spacial score (nSPS) is 19.8. The van der Waals surface area contributed by atoms with E-state index in [9.17, 15) is 24.3 Å². The fourth-order valence-electron chi connectivity index (χ4n) is 3.73. The molecule has 2 aliphatic heterocycles. The van der Waals surface area contributed by atoms with Crippen molar-refractivity contribution in [2.45, 2.75) is 16.4 Å². The Kier molecular flexibility index (Phi) is 6.27. The number of H-pyrrole nitrogens is 1. The van der Waals surface area contributed by atoms with Crippen LogP contribution in [0, 0.1) is 0 Å². The molecule has 0 spiro atoms. The molecule has 1 unspecified atom stereocenters. The number of aromatic amines is 1. The minimum absolute atomic E-state index is 0.125. The molecule has 3 N–H and O–H groups in total. The van der Waals surface area contributed by atoms with Crippen molar-refractivity contribution in [1.29, 1.82) is 0 Å². The fourth-order valence-corrected chi connectivity index (χ4v) is 6.07. The van der Waals surface area contributed by atoms with E-state index >= 15 is 0 Å². The van der Waals surface area contributed by atoms with E-state index in [2.05, 4.69) is 25.8 Å². The quantitative estimate of drug-likeness (QED) is 0.152. The zero-order chi connectivity index (χ0) is 25.4. The third kappa shape index (κ3) is 4.13. The first-order valence-corrected chi connectivity index (χ1v) is 12.4. The van der Waals surface area contributed by atoms with E-state index in [-0.39, 0.29) is 22.9 Å². The number of furan rings is 1. The van der Waals surface area contributed by atoms with Crippen LogP contribution in [0.5, 0.6) is 0 Å². The number of oxime groups is 1. The number of aromatic nitrogens is 4. The summed E-state index contributed by atoms with van der Waals surface area (Å²) >= 11 is 2.56. The number of β-lactam (4-membered cyclic amide) rings is 1. The zero-order valence-corrected chi connectivity index (χ0v) is 20.0. The molecule has 2 aliphatic rings. The first-order valence-electron chi connectivity index (χ1n) is 10.3. The lowest BCUT2D eigenvalue weighted by molar-refractivity contribution is -0.150. The van der Waals surface area contributed by atoms with Crippen molar-refractivity contribution in [2.75, 3.05) is 18.6 Å². The van der Waals surface area contributed by atoms with Gasteiger partial charge in [0.25, 0.3) is 11.8 Å². The van der Waals surface area contributed by atoms with Gasteiger partial charge in [-0.05, 0) is 29.8 Å². The second-order valence-electron chi connectivity index (χ2n) is 7.48. The molecule has 3 aromatic rings. The van der Waals surface area contributed by atoms with Crippen LogP contribution in [0.4, 0.5) is 0 Å². The van der Waals surface area contributed by atoms with Gasteiger partial charge in [-0.3, -0.25) is 14.5 Å². The molecule has 186 valence electrons. The number of nitrogens with one attached hydrogen (secondary N) is 2. The SMILES string of the molecule is CON=C(C(=O)NC1C(=O)N2C(C(=O)O)=C(CSc3ccc4n[nH]c(=O)n4n3)CS[C@@H]12)c1ccco1. The van der Waals surface area contributed by atoms with Gasteiger partial charge in [0.05, 0.1) is 6.26 Å². The van der Waals surface area contributed by atoms with E-state index in [0.717, 1.165) is 4.52 Å². The molecule has 16 heteroatoms. The molecular weight excluding hydrogens is 514 g/mol. The van der Waals surface area contributed by atoms with Crippen LogP contribution in [-0.2, 0) is 19.2 Å². The average Bonchev–Trinajstić information content (AvgIpc) is 3.53. The summed E-state index contributed by atoms with van der Waals surface area (Å²) in [5, 5.41) is 26.3. The van der Waals surface area contributed by atoms with Gasteiger partial charge in [-0.15, -0.1) is 23.5 Å². The maximum Gasteiger partial charge on any atom is 0.364 e. The van der Waals surface area contributed by atoms with Crippen molar-refractivity contribution in [3.63, 3.8) is 0 Å². The minimum Gasteiger partial charge on any atom is -0.477 e. The van der Waals surface area contributed by atoms with E-state index in [1.54, 1.807) is 18.2 Å². The van der Waals surface area contributed by atoms with Crippen LogP contribution in [-0.4, -0.2) is 83.3 Å². The zero-order valence-electron chi connectivity index (χ0n) is 18.4. The predicted molar refractivity (Wildman–Crippen MR) is 126 cm³/mol. The predicted octanol–water partition coefficient (Wildman–Crippen LogP) is -0.108. The summed E-state index contributed by atoms with van der Waals surface area (Å²) in [6.07, 6.45) is 1.37. The van der Waals surface area contributed by atoms with Crippen LogP contribution >= 0.6 is 23.5 Å². The van der Waals surface area contributed by atoms with Gasteiger partial charge in [-0.1, -0.05) is 5.16 Å². The summed E-state index contributed by atoms with van der Waals surface area (Å²) in [5.74, 6) is -1.79. The molecule has 14 nitrogen and oxygen atoms in total. The molecule has 1 fully saturated rings.